The van der Waals surface area contributed by atoms with Gasteiger partial charge in [0.2, 0.25) is 0 Å². The van der Waals surface area contributed by atoms with E-state index in [9.17, 15) is 0 Å². The second-order valence-electron chi connectivity index (χ2n) is 5.39. The summed E-state index contributed by atoms with van der Waals surface area (Å²) < 4.78 is 0. The third-order valence-corrected chi connectivity index (χ3v) is 3.67. The molecule has 0 atom stereocenters. The minimum Gasteiger partial charge on any atom is -0.233 e. The smallest absolute Gasteiger partial charge is 0.129 e. The highest BCUT2D eigenvalue weighted by Crippen LogP contribution is 2.24. The van der Waals surface area contributed by atoms with Gasteiger partial charge < -0.3 is 0 Å². The van der Waals surface area contributed by atoms with Crippen molar-refractivity contribution >= 4 is 0 Å². The zero-order valence-corrected chi connectivity index (χ0v) is 12.9. The molecule has 0 amide bonds. The van der Waals surface area contributed by atoms with Crippen molar-refractivity contribution in [2.24, 2.45) is 0 Å². The molecule has 0 aliphatic carbocycles. The lowest BCUT2D eigenvalue weighted by molar-refractivity contribution is 0.754. The van der Waals surface area contributed by atoms with E-state index < -0.39 is 0 Å². The van der Waals surface area contributed by atoms with E-state index in [0.29, 0.717) is 0 Å². The molecule has 0 saturated heterocycles. The number of hydrogen-bond acceptors (Lipinski definition) is 2. The fourth-order valence-electron chi connectivity index (χ4n) is 2.46. The molecule has 0 N–H and O–H groups in total. The fourth-order valence-corrected chi connectivity index (χ4v) is 2.46. The highest BCUT2D eigenvalue weighted by molar-refractivity contribution is 5.67. The average molecular weight is 288 g/mol. The van der Waals surface area contributed by atoms with Crippen LogP contribution in [0.4, 0.5) is 0 Å². The monoisotopic (exact) mass is 288 g/mol. The standard InChI is InChI=1S/C20H20N2/c1-2-3-14-20-21-18(16-10-6-4-7-11-16)15-19(22-20)17-12-8-5-9-13-17/h4-13,15H,2-3,14H2,1H3. The zero-order chi connectivity index (χ0) is 15.2. The van der Waals surface area contributed by atoms with Crippen LogP contribution in [0.2, 0.25) is 0 Å². The first-order valence-electron chi connectivity index (χ1n) is 7.85. The lowest BCUT2D eigenvalue weighted by Crippen LogP contribution is -1.99. The van der Waals surface area contributed by atoms with E-state index in [-0.39, 0.29) is 0 Å². The van der Waals surface area contributed by atoms with Crippen molar-refractivity contribution in [1.82, 2.24) is 9.97 Å². The van der Waals surface area contributed by atoms with Gasteiger partial charge in [-0.05, 0) is 12.5 Å². The van der Waals surface area contributed by atoms with Gasteiger partial charge in [-0.1, -0.05) is 74.0 Å². The van der Waals surface area contributed by atoms with Crippen LogP contribution in [-0.4, -0.2) is 9.97 Å². The predicted octanol–water partition coefficient (Wildman–Crippen LogP) is 5.15. The molecule has 0 spiro atoms. The van der Waals surface area contributed by atoms with E-state index in [1.54, 1.807) is 0 Å². The molecule has 0 saturated carbocycles. The van der Waals surface area contributed by atoms with Gasteiger partial charge in [-0.25, -0.2) is 9.97 Å². The molecule has 2 aromatic carbocycles. The van der Waals surface area contributed by atoms with Crippen LogP contribution in [0.1, 0.15) is 25.6 Å². The molecule has 3 aromatic rings. The third-order valence-electron chi connectivity index (χ3n) is 3.67. The summed E-state index contributed by atoms with van der Waals surface area (Å²) >= 11 is 0. The molecule has 0 fully saturated rings. The lowest BCUT2D eigenvalue weighted by Gasteiger charge is -2.08. The van der Waals surface area contributed by atoms with Gasteiger partial charge in [-0.15, -0.1) is 0 Å². The van der Waals surface area contributed by atoms with Gasteiger partial charge in [0.25, 0.3) is 0 Å². The third kappa shape index (κ3) is 3.40. The van der Waals surface area contributed by atoms with Crippen molar-refractivity contribution in [3.8, 4) is 22.5 Å². The summed E-state index contributed by atoms with van der Waals surface area (Å²) in [6.45, 7) is 2.19. The Hall–Kier alpha value is -2.48. The molecule has 2 heteroatoms. The van der Waals surface area contributed by atoms with Crippen molar-refractivity contribution in [2.45, 2.75) is 26.2 Å². The van der Waals surface area contributed by atoms with Crippen molar-refractivity contribution in [1.29, 1.82) is 0 Å². The molecule has 0 bridgehead atoms. The summed E-state index contributed by atoms with van der Waals surface area (Å²) in [5, 5.41) is 0. The molecule has 0 radical (unpaired) electrons. The highest BCUT2D eigenvalue weighted by atomic mass is 14.9. The van der Waals surface area contributed by atoms with Gasteiger partial charge in [-0.3, -0.25) is 0 Å². The Morgan fingerprint density at radius 1 is 0.727 bits per heavy atom. The van der Waals surface area contributed by atoms with Crippen LogP contribution in [0.15, 0.2) is 66.7 Å². The first-order chi connectivity index (χ1) is 10.9. The van der Waals surface area contributed by atoms with Crippen LogP contribution in [-0.2, 0) is 6.42 Å². The van der Waals surface area contributed by atoms with Crippen LogP contribution < -0.4 is 0 Å². The molecule has 0 aliphatic rings. The van der Waals surface area contributed by atoms with E-state index in [0.717, 1.165) is 47.6 Å². The van der Waals surface area contributed by atoms with Crippen molar-refractivity contribution in [3.63, 3.8) is 0 Å². The number of hydrogen-bond donors (Lipinski definition) is 0. The molecule has 0 aliphatic heterocycles. The first-order valence-corrected chi connectivity index (χ1v) is 7.85. The van der Waals surface area contributed by atoms with Gasteiger partial charge in [0, 0.05) is 17.5 Å². The molecular formula is C20H20N2. The fraction of sp³-hybridized carbons (Fsp3) is 0.200. The topological polar surface area (TPSA) is 25.8 Å². The number of aromatic nitrogens is 2. The van der Waals surface area contributed by atoms with Gasteiger partial charge in [0.1, 0.15) is 5.82 Å². The quantitative estimate of drug-likeness (QED) is 0.648. The Morgan fingerprint density at radius 2 is 1.23 bits per heavy atom. The van der Waals surface area contributed by atoms with Gasteiger partial charge in [0.15, 0.2) is 0 Å². The van der Waals surface area contributed by atoms with Crippen LogP contribution in [0, 0.1) is 0 Å². The Labute approximate surface area is 131 Å². The Bertz CT molecular complexity index is 663. The maximum atomic E-state index is 4.76. The van der Waals surface area contributed by atoms with Crippen LogP contribution in [0.5, 0.6) is 0 Å². The molecule has 3 rings (SSSR count). The predicted molar refractivity (Wildman–Crippen MR) is 91.5 cm³/mol. The van der Waals surface area contributed by atoms with Crippen molar-refractivity contribution < 1.29 is 0 Å². The minimum absolute atomic E-state index is 0.928. The van der Waals surface area contributed by atoms with Gasteiger partial charge >= 0.3 is 0 Å². The van der Waals surface area contributed by atoms with E-state index >= 15 is 0 Å². The van der Waals surface area contributed by atoms with Crippen LogP contribution >= 0.6 is 0 Å². The Kier molecular flexibility index (Phi) is 4.59. The maximum Gasteiger partial charge on any atom is 0.129 e. The zero-order valence-electron chi connectivity index (χ0n) is 12.9. The van der Waals surface area contributed by atoms with E-state index in [2.05, 4.69) is 37.3 Å². The first kappa shape index (κ1) is 14.5. The largest absolute Gasteiger partial charge is 0.233 e. The Balaban J connectivity index is 2.06. The summed E-state index contributed by atoms with van der Waals surface area (Å²) in [4.78, 5) is 9.51. The van der Waals surface area contributed by atoms with Crippen LogP contribution in [0.25, 0.3) is 22.5 Å². The molecule has 2 nitrogen and oxygen atoms in total. The summed E-state index contributed by atoms with van der Waals surface area (Å²) in [6, 6.07) is 22.7. The highest BCUT2D eigenvalue weighted by Gasteiger charge is 2.08. The van der Waals surface area contributed by atoms with Gasteiger partial charge in [-0.2, -0.15) is 0 Å². The van der Waals surface area contributed by atoms with E-state index in [1.165, 1.54) is 0 Å². The normalized spacial score (nSPS) is 10.6. The lowest BCUT2D eigenvalue weighted by atomic mass is 10.1. The molecular weight excluding hydrogens is 268 g/mol. The maximum absolute atomic E-state index is 4.76. The molecule has 22 heavy (non-hydrogen) atoms. The SMILES string of the molecule is CCCCc1nc(-c2ccccc2)cc(-c2ccccc2)n1. The van der Waals surface area contributed by atoms with Crippen molar-refractivity contribution in [2.75, 3.05) is 0 Å². The average Bonchev–Trinajstić information content (AvgIpc) is 2.61. The van der Waals surface area contributed by atoms with Crippen molar-refractivity contribution in [3.05, 3.63) is 72.6 Å². The molecule has 1 aromatic heterocycles. The number of aryl methyl sites for hydroxylation is 1. The van der Waals surface area contributed by atoms with E-state index in [1.807, 2.05) is 36.4 Å². The van der Waals surface area contributed by atoms with Crippen LogP contribution in [0.3, 0.4) is 0 Å². The summed E-state index contributed by atoms with van der Waals surface area (Å²) in [7, 11) is 0. The second kappa shape index (κ2) is 6.99. The molecule has 1 heterocycles. The molecule has 0 unspecified atom stereocenters. The number of nitrogens with zero attached hydrogens (tertiary/aromatic N) is 2. The summed E-state index contributed by atoms with van der Waals surface area (Å²) in [5.74, 6) is 0.932. The van der Waals surface area contributed by atoms with Gasteiger partial charge in [0.05, 0.1) is 11.4 Å². The summed E-state index contributed by atoms with van der Waals surface area (Å²) in [5.41, 5.74) is 4.28. The number of benzene rings is 2. The number of unbranched alkanes of at least 4 members (excludes halogenated alkanes) is 1. The summed E-state index contributed by atoms with van der Waals surface area (Å²) in [6.07, 6.45) is 3.20. The molecule has 110 valence electrons. The Morgan fingerprint density at radius 3 is 1.68 bits per heavy atom. The minimum atomic E-state index is 0.928. The number of rotatable bonds is 5. The second-order valence-corrected chi connectivity index (χ2v) is 5.39. The van der Waals surface area contributed by atoms with E-state index in [4.69, 9.17) is 9.97 Å².